The number of rotatable bonds is 6. The molecule has 0 saturated heterocycles. The molecule has 1 aromatic heterocycles. The number of H-pyrrole nitrogens is 1. The highest BCUT2D eigenvalue weighted by Gasteiger charge is 2.25. The third-order valence-corrected chi connectivity index (χ3v) is 5.35. The lowest BCUT2D eigenvalue weighted by molar-refractivity contribution is -0.118. The van der Waals surface area contributed by atoms with Gasteiger partial charge in [-0.15, -0.1) is 0 Å². The second kappa shape index (κ2) is 9.81. The summed E-state index contributed by atoms with van der Waals surface area (Å²) >= 11 is 0. The zero-order chi connectivity index (χ0) is 24.2. The van der Waals surface area contributed by atoms with Crippen LogP contribution in [-0.2, 0) is 10.2 Å². The first kappa shape index (κ1) is 23.9. The van der Waals surface area contributed by atoms with E-state index < -0.39 is 6.04 Å². The molecule has 3 rings (SSSR count). The number of nitrogens with one attached hydrogen (secondary N) is 3. The van der Waals surface area contributed by atoms with Crippen molar-refractivity contribution in [2.75, 3.05) is 5.32 Å². The number of hydrogen-bond donors (Lipinski definition) is 3. The maximum absolute atomic E-state index is 13.0. The monoisotopic (exact) mass is 446 g/mol. The maximum atomic E-state index is 13.0. The van der Waals surface area contributed by atoms with E-state index in [0.717, 1.165) is 11.1 Å². The zero-order valence-corrected chi connectivity index (χ0v) is 19.6. The average Bonchev–Trinajstić information content (AvgIpc) is 2.77. The van der Waals surface area contributed by atoms with Crippen LogP contribution in [0.15, 0.2) is 65.5 Å². The molecule has 0 saturated carbocycles. The van der Waals surface area contributed by atoms with Gasteiger partial charge in [-0.3, -0.25) is 14.4 Å². The molecule has 3 aromatic rings. The second-order valence-electron chi connectivity index (χ2n) is 9.40. The average molecular weight is 447 g/mol. The number of amides is 2. The van der Waals surface area contributed by atoms with Gasteiger partial charge in [0.15, 0.2) is 0 Å². The lowest BCUT2D eigenvalue weighted by Crippen LogP contribution is -2.47. The van der Waals surface area contributed by atoms with Gasteiger partial charge in [0.1, 0.15) is 6.04 Å². The maximum Gasteiger partial charge on any atom is 0.264 e. The molecular weight excluding hydrogens is 416 g/mol. The quantitative estimate of drug-likeness (QED) is 0.530. The van der Waals surface area contributed by atoms with Crippen LogP contribution in [0.25, 0.3) is 11.3 Å². The molecule has 0 aliphatic rings. The fourth-order valence-electron chi connectivity index (χ4n) is 3.36. The molecule has 2 amide bonds. The first-order valence-corrected chi connectivity index (χ1v) is 10.9. The third kappa shape index (κ3) is 6.16. The van der Waals surface area contributed by atoms with Crippen LogP contribution in [0.3, 0.4) is 0 Å². The fraction of sp³-hybridized carbons (Fsp3) is 0.308. The van der Waals surface area contributed by atoms with E-state index in [4.69, 9.17) is 0 Å². The lowest BCUT2D eigenvalue weighted by Gasteiger charge is -2.22. The van der Waals surface area contributed by atoms with E-state index in [2.05, 4.69) is 41.6 Å². The van der Waals surface area contributed by atoms with E-state index in [9.17, 15) is 14.4 Å². The van der Waals surface area contributed by atoms with Crippen LogP contribution in [0, 0.1) is 5.92 Å². The minimum absolute atomic E-state index is 0.00548. The van der Waals surface area contributed by atoms with E-state index in [1.165, 1.54) is 6.07 Å². The minimum Gasteiger partial charge on any atom is -0.340 e. The topological polar surface area (TPSA) is 104 Å². The van der Waals surface area contributed by atoms with Crippen molar-refractivity contribution in [3.63, 3.8) is 0 Å². The van der Waals surface area contributed by atoms with Gasteiger partial charge >= 0.3 is 0 Å². The van der Waals surface area contributed by atoms with E-state index in [-0.39, 0.29) is 28.7 Å². The second-order valence-corrected chi connectivity index (χ2v) is 9.40. The molecule has 2 aromatic carbocycles. The van der Waals surface area contributed by atoms with Gasteiger partial charge in [-0.05, 0) is 47.2 Å². The Morgan fingerprint density at radius 2 is 1.67 bits per heavy atom. The van der Waals surface area contributed by atoms with Crippen molar-refractivity contribution in [2.45, 2.75) is 46.1 Å². The number of hydrogen-bond acceptors (Lipinski definition) is 4. The van der Waals surface area contributed by atoms with Crippen molar-refractivity contribution in [2.24, 2.45) is 5.92 Å². The van der Waals surface area contributed by atoms with Gasteiger partial charge in [-0.2, -0.15) is 5.10 Å². The predicted octanol–water partition coefficient (Wildman–Crippen LogP) is 4.13. The van der Waals surface area contributed by atoms with Crippen molar-refractivity contribution in [3.05, 3.63) is 82.1 Å². The summed E-state index contributed by atoms with van der Waals surface area (Å²) in [7, 11) is 0. The van der Waals surface area contributed by atoms with Crippen LogP contribution < -0.4 is 16.2 Å². The van der Waals surface area contributed by atoms with Crippen LogP contribution in [0.2, 0.25) is 0 Å². The summed E-state index contributed by atoms with van der Waals surface area (Å²) in [6, 6.07) is 16.9. The fourth-order valence-corrected chi connectivity index (χ4v) is 3.36. The van der Waals surface area contributed by atoms with Crippen molar-refractivity contribution in [1.82, 2.24) is 15.5 Å². The number of carbonyl (C=O) groups excluding carboxylic acids is 2. The number of anilines is 1. The van der Waals surface area contributed by atoms with Crippen LogP contribution >= 0.6 is 0 Å². The van der Waals surface area contributed by atoms with Crippen LogP contribution in [0.1, 0.15) is 50.5 Å². The molecule has 1 unspecified atom stereocenters. The van der Waals surface area contributed by atoms with Crippen LogP contribution in [-0.4, -0.2) is 28.1 Å². The van der Waals surface area contributed by atoms with Crippen LogP contribution in [0.4, 0.5) is 5.69 Å². The van der Waals surface area contributed by atoms with Gasteiger partial charge in [-0.1, -0.05) is 58.9 Å². The first-order valence-electron chi connectivity index (χ1n) is 10.9. The lowest BCUT2D eigenvalue weighted by atomic mass is 9.86. The van der Waals surface area contributed by atoms with E-state index in [1.54, 1.807) is 36.4 Å². The Kier molecular flexibility index (Phi) is 7.11. The zero-order valence-electron chi connectivity index (χ0n) is 19.6. The molecule has 0 aliphatic carbocycles. The Hall–Kier alpha value is -3.74. The summed E-state index contributed by atoms with van der Waals surface area (Å²) in [6.07, 6.45) is 0. The Bertz CT molecular complexity index is 1170. The molecule has 1 heterocycles. The molecule has 0 spiro atoms. The van der Waals surface area contributed by atoms with E-state index >= 15 is 0 Å². The van der Waals surface area contributed by atoms with Crippen molar-refractivity contribution in [3.8, 4) is 11.3 Å². The molecule has 33 heavy (non-hydrogen) atoms. The van der Waals surface area contributed by atoms with Gasteiger partial charge in [0.05, 0.1) is 5.69 Å². The van der Waals surface area contributed by atoms with Gasteiger partial charge in [-0.25, -0.2) is 5.10 Å². The summed E-state index contributed by atoms with van der Waals surface area (Å²) < 4.78 is 0. The number of aromatic nitrogens is 2. The normalized spacial score (nSPS) is 12.3. The highest BCUT2D eigenvalue weighted by atomic mass is 16.2. The highest BCUT2D eigenvalue weighted by molar-refractivity contribution is 6.01. The van der Waals surface area contributed by atoms with Crippen molar-refractivity contribution in [1.29, 1.82) is 0 Å². The SMILES string of the molecule is CC(C)C(NC(=O)c1ccc(C(C)(C)C)cc1)C(=O)Nc1cccc(-c2ccc(=O)[nH]n2)c1. The molecule has 172 valence electrons. The molecule has 3 N–H and O–H groups in total. The van der Waals surface area contributed by atoms with Gasteiger partial charge < -0.3 is 10.6 Å². The molecular formula is C26H30N4O3. The van der Waals surface area contributed by atoms with Crippen LogP contribution in [0.5, 0.6) is 0 Å². The predicted molar refractivity (Wildman–Crippen MR) is 130 cm³/mol. The summed E-state index contributed by atoms with van der Waals surface area (Å²) in [5.74, 6) is -0.724. The molecule has 0 radical (unpaired) electrons. The largest absolute Gasteiger partial charge is 0.340 e. The molecule has 0 fully saturated rings. The number of carbonyl (C=O) groups is 2. The molecule has 0 bridgehead atoms. The van der Waals surface area contributed by atoms with E-state index in [1.807, 2.05) is 32.0 Å². The Balaban J connectivity index is 1.73. The number of benzene rings is 2. The van der Waals surface area contributed by atoms with Crippen molar-refractivity contribution >= 4 is 17.5 Å². The molecule has 7 heteroatoms. The number of nitrogens with zero attached hydrogens (tertiary/aromatic N) is 1. The first-order chi connectivity index (χ1) is 15.5. The van der Waals surface area contributed by atoms with Crippen molar-refractivity contribution < 1.29 is 9.59 Å². The summed E-state index contributed by atoms with van der Waals surface area (Å²) in [6.45, 7) is 10.1. The highest BCUT2D eigenvalue weighted by Crippen LogP contribution is 2.23. The summed E-state index contributed by atoms with van der Waals surface area (Å²) in [5.41, 5.74) is 3.24. The molecule has 1 atom stereocenters. The molecule has 0 aliphatic heterocycles. The Morgan fingerprint density at radius 1 is 0.970 bits per heavy atom. The third-order valence-electron chi connectivity index (χ3n) is 5.35. The Morgan fingerprint density at radius 3 is 2.24 bits per heavy atom. The van der Waals surface area contributed by atoms with Gasteiger partial charge in [0.2, 0.25) is 5.91 Å². The Labute approximate surface area is 193 Å². The summed E-state index contributed by atoms with van der Waals surface area (Å²) in [4.78, 5) is 37.1. The standard InChI is InChI=1S/C26H30N4O3/c1-16(2)23(28-24(32)17-9-11-19(12-10-17)26(3,4)5)25(33)27-20-8-6-7-18(15-20)21-13-14-22(31)30-29-21/h6-16,23H,1-5H3,(H,27,33)(H,28,32)(H,30,31). The van der Waals surface area contributed by atoms with E-state index in [0.29, 0.717) is 16.9 Å². The minimum atomic E-state index is -0.713. The summed E-state index contributed by atoms with van der Waals surface area (Å²) in [5, 5.41) is 12.2. The smallest absolute Gasteiger partial charge is 0.264 e. The van der Waals surface area contributed by atoms with Gasteiger partial charge in [0.25, 0.3) is 11.5 Å². The molecule has 7 nitrogen and oxygen atoms in total. The van der Waals surface area contributed by atoms with Gasteiger partial charge in [0, 0.05) is 22.9 Å². The number of aromatic amines is 1.